The topological polar surface area (TPSA) is 37.3 Å². The molecular formula is C6H9ClO2. The molecular weight excluding hydrogens is 140 g/mol. The molecule has 2 nitrogen and oxygen atoms in total. The van der Waals surface area contributed by atoms with Gasteiger partial charge in [0.25, 0.3) is 0 Å². The van der Waals surface area contributed by atoms with Crippen LogP contribution in [0.25, 0.3) is 0 Å². The normalized spacial score (nSPS) is 7.00. The lowest BCUT2D eigenvalue weighted by molar-refractivity contribution is -0.130. The van der Waals surface area contributed by atoms with E-state index >= 15 is 0 Å². The number of carboxylic acids is 1. The first kappa shape index (κ1) is 11.2. The number of carboxylic acid groups (broad SMARTS) is 1. The maximum atomic E-state index is 9.73. The van der Waals surface area contributed by atoms with E-state index in [9.17, 15) is 4.79 Å². The van der Waals surface area contributed by atoms with E-state index in [1.807, 2.05) is 19.8 Å². The minimum atomic E-state index is -1.06. The average molecular weight is 149 g/mol. The minimum absolute atomic E-state index is 0. The van der Waals surface area contributed by atoms with Crippen molar-refractivity contribution < 1.29 is 9.90 Å². The van der Waals surface area contributed by atoms with Crippen molar-refractivity contribution in [1.29, 1.82) is 0 Å². The second kappa shape index (κ2) is 5.46. The first-order valence-electron chi connectivity index (χ1n) is 2.37. The first-order chi connectivity index (χ1) is 3.63. The molecule has 3 heteroatoms. The zero-order valence-electron chi connectivity index (χ0n) is 5.34. The van der Waals surface area contributed by atoms with Gasteiger partial charge in [0.05, 0.1) is 0 Å². The van der Waals surface area contributed by atoms with Gasteiger partial charge >= 0.3 is 5.97 Å². The van der Waals surface area contributed by atoms with Gasteiger partial charge in [0, 0.05) is 11.8 Å². The van der Waals surface area contributed by atoms with Crippen molar-refractivity contribution in [3.05, 3.63) is 0 Å². The van der Waals surface area contributed by atoms with Crippen molar-refractivity contribution in [3.63, 3.8) is 0 Å². The maximum absolute atomic E-state index is 9.73. The number of rotatable bonds is 0. The summed E-state index contributed by atoms with van der Waals surface area (Å²) in [7, 11) is 0. The molecule has 0 bridgehead atoms. The van der Waals surface area contributed by atoms with Crippen LogP contribution in [0.1, 0.15) is 13.8 Å². The zero-order valence-corrected chi connectivity index (χ0v) is 6.16. The predicted molar refractivity (Wildman–Crippen MR) is 37.5 cm³/mol. The Morgan fingerprint density at radius 2 is 2.00 bits per heavy atom. The number of hydrogen-bond acceptors (Lipinski definition) is 1. The Hall–Kier alpha value is -0.680. The Labute approximate surface area is 60.7 Å². The highest BCUT2D eigenvalue weighted by Crippen LogP contribution is 1.84. The van der Waals surface area contributed by atoms with Crippen molar-refractivity contribution in [2.75, 3.05) is 0 Å². The standard InChI is InChI=1S/C6H8O2.ClH/c1-5(2)3-4-6(7)8;/h5H,1-2H3,(H,7,8);1H. The van der Waals surface area contributed by atoms with Gasteiger partial charge in [-0.1, -0.05) is 19.8 Å². The van der Waals surface area contributed by atoms with Crippen LogP contribution in [0.15, 0.2) is 0 Å². The molecule has 52 valence electrons. The van der Waals surface area contributed by atoms with E-state index in [2.05, 4.69) is 5.92 Å². The largest absolute Gasteiger partial charge is 0.472 e. The summed E-state index contributed by atoms with van der Waals surface area (Å²) in [5.41, 5.74) is 0. The van der Waals surface area contributed by atoms with Gasteiger partial charge in [-0.25, -0.2) is 4.79 Å². The molecule has 0 saturated carbocycles. The third-order valence-corrected chi connectivity index (χ3v) is 0.468. The Morgan fingerprint density at radius 3 is 2.11 bits per heavy atom. The molecule has 0 atom stereocenters. The van der Waals surface area contributed by atoms with Crippen molar-refractivity contribution in [2.45, 2.75) is 13.8 Å². The zero-order chi connectivity index (χ0) is 6.57. The number of hydrogen-bond donors (Lipinski definition) is 1. The minimum Gasteiger partial charge on any atom is -0.472 e. The number of halogens is 1. The third kappa shape index (κ3) is 11.1. The molecule has 9 heavy (non-hydrogen) atoms. The first-order valence-corrected chi connectivity index (χ1v) is 2.37. The van der Waals surface area contributed by atoms with Crippen LogP contribution < -0.4 is 0 Å². The van der Waals surface area contributed by atoms with Crippen molar-refractivity contribution >= 4 is 18.4 Å². The van der Waals surface area contributed by atoms with Crippen molar-refractivity contribution in [1.82, 2.24) is 0 Å². The van der Waals surface area contributed by atoms with E-state index in [0.29, 0.717) is 0 Å². The third-order valence-electron chi connectivity index (χ3n) is 0.468. The Bertz CT molecular complexity index is 141. The molecule has 0 aliphatic carbocycles. The summed E-state index contributed by atoms with van der Waals surface area (Å²) in [6, 6.07) is 0. The van der Waals surface area contributed by atoms with E-state index in [0.717, 1.165) is 0 Å². The molecule has 0 rings (SSSR count). The number of aliphatic carboxylic acids is 1. The van der Waals surface area contributed by atoms with E-state index < -0.39 is 5.97 Å². The van der Waals surface area contributed by atoms with Gasteiger partial charge < -0.3 is 5.11 Å². The van der Waals surface area contributed by atoms with Gasteiger partial charge in [-0.2, -0.15) is 0 Å². The Balaban J connectivity index is 0. The monoisotopic (exact) mass is 148 g/mol. The molecule has 0 unspecified atom stereocenters. The second-order valence-electron chi connectivity index (χ2n) is 1.73. The summed E-state index contributed by atoms with van der Waals surface area (Å²) in [4.78, 5) is 9.73. The lowest BCUT2D eigenvalue weighted by Crippen LogP contribution is -1.88. The fourth-order valence-electron chi connectivity index (χ4n) is 0.206. The Kier molecular flexibility index (Phi) is 6.77. The van der Waals surface area contributed by atoms with Crippen molar-refractivity contribution in [2.24, 2.45) is 5.92 Å². The molecule has 0 spiro atoms. The van der Waals surface area contributed by atoms with E-state index in [4.69, 9.17) is 5.11 Å². The molecule has 1 N–H and O–H groups in total. The molecule has 0 aromatic carbocycles. The van der Waals surface area contributed by atoms with Crippen LogP contribution in [0, 0.1) is 17.8 Å². The van der Waals surface area contributed by atoms with Crippen molar-refractivity contribution in [3.8, 4) is 11.8 Å². The molecule has 0 fully saturated rings. The van der Waals surface area contributed by atoms with Gasteiger partial charge in [-0.3, -0.25) is 0 Å². The highest BCUT2D eigenvalue weighted by atomic mass is 35.5. The lowest BCUT2D eigenvalue weighted by atomic mass is 10.2. The second-order valence-corrected chi connectivity index (χ2v) is 1.73. The van der Waals surface area contributed by atoms with Gasteiger partial charge in [0.15, 0.2) is 0 Å². The fourth-order valence-corrected chi connectivity index (χ4v) is 0.206. The molecule has 0 aromatic heterocycles. The van der Waals surface area contributed by atoms with E-state index in [-0.39, 0.29) is 18.3 Å². The molecule has 0 saturated heterocycles. The van der Waals surface area contributed by atoms with E-state index in [1.54, 1.807) is 0 Å². The lowest BCUT2D eigenvalue weighted by Gasteiger charge is -1.83. The molecule has 0 heterocycles. The average Bonchev–Trinajstić information content (AvgIpc) is 1.61. The van der Waals surface area contributed by atoms with Gasteiger partial charge in [-0.15, -0.1) is 12.4 Å². The molecule has 0 amide bonds. The van der Waals surface area contributed by atoms with Crippen LogP contribution in [0.3, 0.4) is 0 Å². The maximum Gasteiger partial charge on any atom is 0.381 e. The van der Waals surface area contributed by atoms with Crippen LogP contribution in [-0.2, 0) is 4.79 Å². The van der Waals surface area contributed by atoms with Crippen LogP contribution in [0.5, 0.6) is 0 Å². The molecule has 0 aliphatic heterocycles. The van der Waals surface area contributed by atoms with Gasteiger partial charge in [0.1, 0.15) is 0 Å². The quantitative estimate of drug-likeness (QED) is 0.524. The van der Waals surface area contributed by atoms with Crippen LogP contribution in [0.2, 0.25) is 0 Å². The van der Waals surface area contributed by atoms with Crippen LogP contribution in [-0.4, -0.2) is 11.1 Å². The van der Waals surface area contributed by atoms with E-state index in [1.165, 1.54) is 0 Å². The molecule has 0 aromatic rings. The summed E-state index contributed by atoms with van der Waals surface area (Å²) in [6.45, 7) is 3.69. The highest BCUT2D eigenvalue weighted by molar-refractivity contribution is 5.86. The predicted octanol–water partition coefficient (Wildman–Crippen LogP) is 1.15. The summed E-state index contributed by atoms with van der Waals surface area (Å²) < 4.78 is 0. The molecule has 0 radical (unpaired) electrons. The van der Waals surface area contributed by atoms with Gasteiger partial charge in [0.2, 0.25) is 0 Å². The summed E-state index contributed by atoms with van der Waals surface area (Å²) in [6.07, 6.45) is 0. The SMILES string of the molecule is CC(C)C#CC(=O)O.Cl. The summed E-state index contributed by atoms with van der Waals surface area (Å²) in [5, 5.41) is 7.99. The Morgan fingerprint density at radius 1 is 1.56 bits per heavy atom. The van der Waals surface area contributed by atoms with Gasteiger partial charge in [-0.05, 0) is 0 Å². The number of carbonyl (C=O) groups is 1. The highest BCUT2D eigenvalue weighted by Gasteiger charge is 1.84. The summed E-state index contributed by atoms with van der Waals surface area (Å²) in [5.74, 6) is 3.59. The summed E-state index contributed by atoms with van der Waals surface area (Å²) >= 11 is 0. The molecule has 0 aliphatic rings. The van der Waals surface area contributed by atoms with Crippen LogP contribution in [0.4, 0.5) is 0 Å². The van der Waals surface area contributed by atoms with Crippen LogP contribution >= 0.6 is 12.4 Å². The fraction of sp³-hybridized carbons (Fsp3) is 0.500. The smallest absolute Gasteiger partial charge is 0.381 e.